The highest BCUT2D eigenvalue weighted by atomic mass is 35.5. The molecule has 0 saturated carbocycles. The molecule has 9 heteroatoms. The predicted octanol–water partition coefficient (Wildman–Crippen LogP) is 4.39. The molecule has 0 atom stereocenters. The lowest BCUT2D eigenvalue weighted by Crippen LogP contribution is -2.40. The summed E-state index contributed by atoms with van der Waals surface area (Å²) in [5.41, 5.74) is 1.71. The SMILES string of the molecule is CC(C)c1cccc(NC(=O)c2cc(S(=O)(=O)N3CCOCC3)c(Cl)cc2Cl)c1. The van der Waals surface area contributed by atoms with E-state index in [-0.39, 0.29) is 33.6 Å². The molecular weight excluding hydrogens is 435 g/mol. The number of morpholine rings is 1. The molecule has 1 fully saturated rings. The van der Waals surface area contributed by atoms with Gasteiger partial charge in [0, 0.05) is 18.8 Å². The maximum absolute atomic E-state index is 13.0. The summed E-state index contributed by atoms with van der Waals surface area (Å²) >= 11 is 12.4. The summed E-state index contributed by atoms with van der Waals surface area (Å²) in [5, 5.41) is 2.83. The number of hydrogen-bond acceptors (Lipinski definition) is 4. The van der Waals surface area contributed by atoms with Gasteiger partial charge in [-0.05, 0) is 35.7 Å². The first kappa shape index (κ1) is 22.1. The van der Waals surface area contributed by atoms with Crippen LogP contribution >= 0.6 is 23.2 Å². The van der Waals surface area contributed by atoms with Gasteiger partial charge in [-0.15, -0.1) is 0 Å². The number of nitrogens with zero attached hydrogens (tertiary/aromatic N) is 1. The van der Waals surface area contributed by atoms with E-state index in [9.17, 15) is 13.2 Å². The number of benzene rings is 2. The molecule has 1 aliphatic heterocycles. The van der Waals surface area contributed by atoms with Gasteiger partial charge in [0.15, 0.2) is 0 Å². The number of rotatable bonds is 5. The van der Waals surface area contributed by atoms with Crippen LogP contribution in [0.4, 0.5) is 5.69 Å². The summed E-state index contributed by atoms with van der Waals surface area (Å²) in [5.74, 6) is -0.206. The smallest absolute Gasteiger partial charge is 0.257 e. The van der Waals surface area contributed by atoms with Crippen LogP contribution in [0, 0.1) is 0 Å². The molecule has 0 aliphatic carbocycles. The van der Waals surface area contributed by atoms with E-state index >= 15 is 0 Å². The molecule has 0 unspecified atom stereocenters. The van der Waals surface area contributed by atoms with E-state index < -0.39 is 15.9 Å². The molecule has 6 nitrogen and oxygen atoms in total. The molecule has 3 rings (SSSR count). The van der Waals surface area contributed by atoms with E-state index in [1.54, 1.807) is 6.07 Å². The molecule has 2 aromatic rings. The van der Waals surface area contributed by atoms with Crippen molar-refractivity contribution < 1.29 is 17.9 Å². The zero-order valence-corrected chi connectivity index (χ0v) is 18.4. The lowest BCUT2D eigenvalue weighted by molar-refractivity contribution is 0.0730. The standard InChI is InChI=1S/C20H22Cl2N2O4S/c1-13(2)14-4-3-5-15(10-14)23-20(25)16-11-19(18(22)12-17(16)21)29(26,27)24-6-8-28-9-7-24/h3-5,10-13H,6-9H2,1-2H3,(H,23,25). The number of sulfonamides is 1. The molecule has 0 bridgehead atoms. The van der Waals surface area contributed by atoms with Crippen molar-refractivity contribution in [1.82, 2.24) is 4.31 Å². The van der Waals surface area contributed by atoms with E-state index in [4.69, 9.17) is 27.9 Å². The van der Waals surface area contributed by atoms with Crippen LogP contribution < -0.4 is 5.32 Å². The Hall–Kier alpha value is -1.64. The zero-order chi connectivity index (χ0) is 21.2. The van der Waals surface area contributed by atoms with Gasteiger partial charge in [0.25, 0.3) is 5.91 Å². The minimum absolute atomic E-state index is 0.0279. The Morgan fingerprint density at radius 1 is 1.10 bits per heavy atom. The number of amides is 1. The van der Waals surface area contributed by atoms with Gasteiger partial charge in [-0.3, -0.25) is 4.79 Å². The van der Waals surface area contributed by atoms with Crippen molar-refractivity contribution in [2.75, 3.05) is 31.6 Å². The second-order valence-electron chi connectivity index (χ2n) is 7.01. The van der Waals surface area contributed by atoms with Crippen LogP contribution in [0.2, 0.25) is 10.0 Å². The third-order valence-corrected chi connectivity index (χ3v) is 7.34. The Labute approximate surface area is 180 Å². The Kier molecular flexibility index (Phi) is 6.86. The fourth-order valence-electron chi connectivity index (χ4n) is 3.00. The van der Waals surface area contributed by atoms with Crippen LogP contribution in [0.1, 0.15) is 35.7 Å². The summed E-state index contributed by atoms with van der Waals surface area (Å²) in [6.45, 7) is 5.18. The monoisotopic (exact) mass is 456 g/mol. The minimum atomic E-state index is -3.87. The lowest BCUT2D eigenvalue weighted by Gasteiger charge is -2.26. The molecule has 0 radical (unpaired) electrons. The molecule has 1 saturated heterocycles. The number of carbonyl (C=O) groups excluding carboxylic acids is 1. The molecule has 2 aromatic carbocycles. The van der Waals surface area contributed by atoms with Gasteiger partial charge in [0.1, 0.15) is 4.90 Å². The predicted molar refractivity (Wildman–Crippen MR) is 115 cm³/mol. The Bertz CT molecular complexity index is 1020. The average Bonchev–Trinajstić information content (AvgIpc) is 2.68. The summed E-state index contributed by atoms with van der Waals surface area (Å²) in [6.07, 6.45) is 0. The van der Waals surface area contributed by atoms with Crippen molar-refractivity contribution in [2.24, 2.45) is 0 Å². The third-order valence-electron chi connectivity index (χ3n) is 4.67. The molecule has 1 aliphatic rings. The minimum Gasteiger partial charge on any atom is -0.379 e. The number of nitrogens with one attached hydrogen (secondary N) is 1. The van der Waals surface area contributed by atoms with E-state index in [2.05, 4.69) is 19.2 Å². The van der Waals surface area contributed by atoms with Crippen LogP contribution in [0.15, 0.2) is 41.3 Å². The Morgan fingerprint density at radius 2 is 1.79 bits per heavy atom. The van der Waals surface area contributed by atoms with Crippen molar-refractivity contribution in [2.45, 2.75) is 24.7 Å². The van der Waals surface area contributed by atoms with Crippen LogP contribution in [-0.4, -0.2) is 44.9 Å². The highest BCUT2D eigenvalue weighted by Crippen LogP contribution is 2.31. The second-order valence-corrected chi connectivity index (χ2v) is 9.73. The van der Waals surface area contributed by atoms with Crippen LogP contribution in [0.25, 0.3) is 0 Å². The van der Waals surface area contributed by atoms with Crippen LogP contribution in [0.5, 0.6) is 0 Å². The third kappa shape index (κ3) is 4.92. The molecular formula is C20H22Cl2N2O4S. The molecule has 0 spiro atoms. The van der Waals surface area contributed by atoms with Gasteiger partial charge in [0.05, 0.1) is 28.8 Å². The maximum atomic E-state index is 13.0. The average molecular weight is 457 g/mol. The van der Waals surface area contributed by atoms with Gasteiger partial charge in [-0.1, -0.05) is 49.2 Å². The number of halogens is 2. The molecule has 1 amide bonds. The number of carbonyl (C=O) groups is 1. The molecule has 1 heterocycles. The Balaban J connectivity index is 1.93. The van der Waals surface area contributed by atoms with Gasteiger partial charge in [-0.25, -0.2) is 8.42 Å². The highest BCUT2D eigenvalue weighted by Gasteiger charge is 2.30. The van der Waals surface area contributed by atoms with E-state index in [1.807, 2.05) is 18.2 Å². The highest BCUT2D eigenvalue weighted by molar-refractivity contribution is 7.89. The summed E-state index contributed by atoms with van der Waals surface area (Å²) in [7, 11) is -3.87. The molecule has 1 N–H and O–H groups in total. The largest absolute Gasteiger partial charge is 0.379 e. The number of ether oxygens (including phenoxy) is 1. The topological polar surface area (TPSA) is 75.7 Å². The van der Waals surface area contributed by atoms with Gasteiger partial charge in [-0.2, -0.15) is 4.31 Å². The quantitative estimate of drug-likeness (QED) is 0.723. The summed E-state index contributed by atoms with van der Waals surface area (Å²) in [4.78, 5) is 12.7. The summed E-state index contributed by atoms with van der Waals surface area (Å²) in [6, 6.07) is 9.98. The fourth-order valence-corrected chi connectivity index (χ4v) is 5.24. The molecule has 156 valence electrons. The van der Waals surface area contributed by atoms with Crippen LogP contribution in [-0.2, 0) is 14.8 Å². The first-order chi connectivity index (χ1) is 13.7. The van der Waals surface area contributed by atoms with E-state index in [0.717, 1.165) is 5.56 Å². The number of anilines is 1. The lowest BCUT2D eigenvalue weighted by atomic mass is 10.0. The summed E-state index contributed by atoms with van der Waals surface area (Å²) < 4.78 is 32.5. The second kappa shape index (κ2) is 9.02. The molecule has 0 aromatic heterocycles. The fraction of sp³-hybridized carbons (Fsp3) is 0.350. The first-order valence-corrected chi connectivity index (χ1v) is 11.4. The zero-order valence-electron chi connectivity index (χ0n) is 16.1. The van der Waals surface area contributed by atoms with Gasteiger partial charge < -0.3 is 10.1 Å². The Morgan fingerprint density at radius 3 is 2.45 bits per heavy atom. The van der Waals surface area contributed by atoms with Crippen molar-refractivity contribution in [3.63, 3.8) is 0 Å². The normalized spacial score (nSPS) is 15.5. The van der Waals surface area contributed by atoms with Gasteiger partial charge >= 0.3 is 0 Å². The van der Waals surface area contributed by atoms with Gasteiger partial charge in [0.2, 0.25) is 10.0 Å². The first-order valence-electron chi connectivity index (χ1n) is 9.18. The van der Waals surface area contributed by atoms with E-state index in [0.29, 0.717) is 24.8 Å². The van der Waals surface area contributed by atoms with Crippen molar-refractivity contribution in [1.29, 1.82) is 0 Å². The number of hydrogen-bond donors (Lipinski definition) is 1. The maximum Gasteiger partial charge on any atom is 0.257 e. The molecule has 29 heavy (non-hydrogen) atoms. The van der Waals surface area contributed by atoms with Crippen molar-refractivity contribution in [3.05, 3.63) is 57.6 Å². The van der Waals surface area contributed by atoms with E-state index in [1.165, 1.54) is 16.4 Å². The van der Waals surface area contributed by atoms with Crippen molar-refractivity contribution in [3.8, 4) is 0 Å². The van der Waals surface area contributed by atoms with Crippen LogP contribution in [0.3, 0.4) is 0 Å². The van der Waals surface area contributed by atoms with Crippen molar-refractivity contribution >= 4 is 44.8 Å².